The molecule has 8 nitrogen and oxygen atoms in total. The SMILES string of the molecule is O=C(O)COc1ccc2c(c1)C(=NO)c1cc(OCC(=O)O)ccc1-2. The molecule has 25 heavy (non-hydrogen) atoms. The highest BCUT2D eigenvalue weighted by Crippen LogP contribution is 2.40. The monoisotopic (exact) mass is 343 g/mol. The summed E-state index contributed by atoms with van der Waals surface area (Å²) in [5, 5.41) is 30.1. The van der Waals surface area contributed by atoms with Gasteiger partial charge < -0.3 is 24.9 Å². The van der Waals surface area contributed by atoms with Crippen molar-refractivity contribution in [3.63, 3.8) is 0 Å². The highest BCUT2D eigenvalue weighted by atomic mass is 16.5. The molecule has 2 aromatic rings. The van der Waals surface area contributed by atoms with Gasteiger partial charge in [-0.1, -0.05) is 5.16 Å². The van der Waals surface area contributed by atoms with Crippen LogP contribution in [0.1, 0.15) is 11.1 Å². The third kappa shape index (κ3) is 3.23. The molecule has 3 N–H and O–H groups in total. The Morgan fingerprint density at radius 2 is 1.24 bits per heavy atom. The zero-order valence-electron chi connectivity index (χ0n) is 12.8. The number of fused-ring (bicyclic) bond motifs is 3. The summed E-state index contributed by atoms with van der Waals surface area (Å²) in [6, 6.07) is 9.90. The van der Waals surface area contributed by atoms with Crippen LogP contribution in [-0.2, 0) is 9.59 Å². The Labute approximate surface area is 141 Å². The first kappa shape index (κ1) is 16.3. The van der Waals surface area contributed by atoms with Crippen molar-refractivity contribution in [2.24, 2.45) is 5.16 Å². The maximum atomic E-state index is 10.6. The van der Waals surface area contributed by atoms with Crippen LogP contribution >= 0.6 is 0 Å². The van der Waals surface area contributed by atoms with E-state index >= 15 is 0 Å². The van der Waals surface area contributed by atoms with Crippen LogP contribution in [0.2, 0.25) is 0 Å². The van der Waals surface area contributed by atoms with Gasteiger partial charge in [-0.25, -0.2) is 9.59 Å². The molecule has 0 fully saturated rings. The predicted molar refractivity (Wildman–Crippen MR) is 85.6 cm³/mol. The standard InChI is InChI=1S/C17H13NO7/c19-15(20)7-24-9-1-3-11-12-4-2-10(25-8-16(21)22)6-14(12)17(18-23)13(11)5-9/h1-6,23H,7-8H2,(H,19,20)(H,21,22). The maximum absolute atomic E-state index is 10.6. The molecular formula is C17H13NO7. The van der Waals surface area contributed by atoms with Gasteiger partial charge in [0.25, 0.3) is 0 Å². The fraction of sp³-hybridized carbons (Fsp3) is 0.118. The molecule has 128 valence electrons. The van der Waals surface area contributed by atoms with E-state index in [9.17, 15) is 14.8 Å². The van der Waals surface area contributed by atoms with E-state index in [0.717, 1.165) is 11.1 Å². The lowest BCUT2D eigenvalue weighted by Gasteiger charge is -2.06. The minimum atomic E-state index is -1.10. The summed E-state index contributed by atoms with van der Waals surface area (Å²) >= 11 is 0. The fourth-order valence-electron chi connectivity index (χ4n) is 2.63. The first-order valence-electron chi connectivity index (χ1n) is 7.20. The predicted octanol–water partition coefficient (Wildman–Crippen LogP) is 1.82. The third-order valence-corrected chi connectivity index (χ3v) is 3.61. The van der Waals surface area contributed by atoms with Crippen molar-refractivity contribution in [2.75, 3.05) is 13.2 Å². The lowest BCUT2D eigenvalue weighted by molar-refractivity contribution is -0.140. The highest BCUT2D eigenvalue weighted by Gasteiger charge is 2.26. The Hall–Kier alpha value is -3.55. The van der Waals surface area contributed by atoms with Gasteiger partial charge in [-0.2, -0.15) is 0 Å². The number of nitrogens with zero attached hydrogens (tertiary/aromatic N) is 1. The molecular weight excluding hydrogens is 330 g/mol. The zero-order chi connectivity index (χ0) is 18.0. The summed E-state index contributed by atoms with van der Waals surface area (Å²) < 4.78 is 10.3. The van der Waals surface area contributed by atoms with Crippen LogP contribution in [0.4, 0.5) is 0 Å². The molecule has 0 radical (unpaired) electrons. The Morgan fingerprint density at radius 3 is 1.60 bits per heavy atom. The number of carboxylic acid groups (broad SMARTS) is 2. The number of ether oxygens (including phenoxy) is 2. The van der Waals surface area contributed by atoms with E-state index in [1.165, 1.54) is 0 Å². The second kappa shape index (κ2) is 6.52. The van der Waals surface area contributed by atoms with Gasteiger partial charge in [-0.05, 0) is 47.5 Å². The Morgan fingerprint density at radius 1 is 0.800 bits per heavy atom. The number of aliphatic carboxylic acids is 2. The number of rotatable bonds is 6. The molecule has 0 aromatic heterocycles. The molecule has 3 rings (SSSR count). The van der Waals surface area contributed by atoms with Crippen molar-refractivity contribution < 1.29 is 34.5 Å². The molecule has 0 bridgehead atoms. The summed E-state index contributed by atoms with van der Waals surface area (Å²) in [4.78, 5) is 21.2. The highest BCUT2D eigenvalue weighted by molar-refractivity contribution is 6.24. The number of hydrogen-bond acceptors (Lipinski definition) is 6. The summed E-state index contributed by atoms with van der Waals surface area (Å²) in [5.41, 5.74) is 3.00. The molecule has 0 spiro atoms. The van der Waals surface area contributed by atoms with Crippen LogP contribution in [0.25, 0.3) is 11.1 Å². The van der Waals surface area contributed by atoms with Gasteiger partial charge in [0.05, 0.1) is 0 Å². The Kier molecular flexibility index (Phi) is 4.25. The molecule has 0 atom stereocenters. The topological polar surface area (TPSA) is 126 Å². The number of carboxylic acids is 2. The average molecular weight is 343 g/mol. The zero-order valence-corrected chi connectivity index (χ0v) is 12.8. The van der Waals surface area contributed by atoms with Gasteiger partial charge >= 0.3 is 11.9 Å². The molecule has 0 saturated heterocycles. The van der Waals surface area contributed by atoms with E-state index in [-0.39, 0.29) is 5.71 Å². The van der Waals surface area contributed by atoms with Crippen LogP contribution in [0.3, 0.4) is 0 Å². The minimum Gasteiger partial charge on any atom is -0.482 e. The third-order valence-electron chi connectivity index (χ3n) is 3.61. The van der Waals surface area contributed by atoms with E-state index in [2.05, 4.69) is 5.16 Å². The smallest absolute Gasteiger partial charge is 0.341 e. The second-order valence-electron chi connectivity index (χ2n) is 5.23. The van der Waals surface area contributed by atoms with Gasteiger partial charge in [0.1, 0.15) is 17.2 Å². The maximum Gasteiger partial charge on any atom is 0.341 e. The molecule has 1 aliphatic carbocycles. The molecule has 0 heterocycles. The van der Waals surface area contributed by atoms with Crippen LogP contribution in [0.5, 0.6) is 11.5 Å². The molecule has 0 saturated carbocycles. The molecule has 8 heteroatoms. The number of oxime groups is 1. The Balaban J connectivity index is 1.95. The first-order chi connectivity index (χ1) is 12.0. The van der Waals surface area contributed by atoms with Crippen molar-refractivity contribution in [2.45, 2.75) is 0 Å². The van der Waals surface area contributed by atoms with Gasteiger partial charge in [-0.15, -0.1) is 0 Å². The minimum absolute atomic E-state index is 0.270. The Bertz CT molecular complexity index is 819. The van der Waals surface area contributed by atoms with E-state index in [0.29, 0.717) is 22.6 Å². The lowest BCUT2D eigenvalue weighted by atomic mass is 10.1. The van der Waals surface area contributed by atoms with Crippen molar-refractivity contribution >= 4 is 17.7 Å². The summed E-state index contributed by atoms with van der Waals surface area (Å²) in [6.45, 7) is -0.963. The number of carbonyl (C=O) groups is 2. The van der Waals surface area contributed by atoms with Crippen molar-refractivity contribution in [1.82, 2.24) is 0 Å². The average Bonchev–Trinajstić information content (AvgIpc) is 2.90. The number of benzene rings is 2. The molecule has 0 unspecified atom stereocenters. The quantitative estimate of drug-likeness (QED) is 0.460. The van der Waals surface area contributed by atoms with Crippen molar-refractivity contribution in [3.05, 3.63) is 47.5 Å². The van der Waals surface area contributed by atoms with Crippen LogP contribution < -0.4 is 9.47 Å². The largest absolute Gasteiger partial charge is 0.482 e. The van der Waals surface area contributed by atoms with Gasteiger partial charge in [0.15, 0.2) is 13.2 Å². The van der Waals surface area contributed by atoms with Crippen LogP contribution in [-0.4, -0.2) is 46.3 Å². The van der Waals surface area contributed by atoms with Gasteiger partial charge in [-0.3, -0.25) is 0 Å². The molecule has 2 aromatic carbocycles. The van der Waals surface area contributed by atoms with E-state index < -0.39 is 25.2 Å². The second-order valence-corrected chi connectivity index (χ2v) is 5.23. The van der Waals surface area contributed by atoms with Crippen LogP contribution in [0, 0.1) is 0 Å². The molecule has 0 aliphatic heterocycles. The summed E-state index contributed by atoms with van der Waals surface area (Å²) in [5.74, 6) is -1.53. The fourth-order valence-corrected chi connectivity index (χ4v) is 2.63. The first-order valence-corrected chi connectivity index (χ1v) is 7.20. The van der Waals surface area contributed by atoms with Crippen molar-refractivity contribution in [1.29, 1.82) is 0 Å². The van der Waals surface area contributed by atoms with Gasteiger partial charge in [0.2, 0.25) is 0 Å². The van der Waals surface area contributed by atoms with E-state index in [1.807, 2.05) is 0 Å². The normalized spacial score (nSPS) is 11.4. The van der Waals surface area contributed by atoms with E-state index in [1.54, 1.807) is 36.4 Å². The van der Waals surface area contributed by atoms with Gasteiger partial charge in [0, 0.05) is 11.1 Å². The lowest BCUT2D eigenvalue weighted by Crippen LogP contribution is -2.10. The van der Waals surface area contributed by atoms with Crippen LogP contribution in [0.15, 0.2) is 41.6 Å². The van der Waals surface area contributed by atoms with E-state index in [4.69, 9.17) is 19.7 Å². The molecule has 0 amide bonds. The summed E-state index contributed by atoms with van der Waals surface area (Å²) in [6.07, 6.45) is 0. The molecule has 1 aliphatic rings. The number of hydrogen-bond donors (Lipinski definition) is 3. The summed E-state index contributed by atoms with van der Waals surface area (Å²) in [7, 11) is 0. The van der Waals surface area contributed by atoms with Crippen molar-refractivity contribution in [3.8, 4) is 22.6 Å².